The highest BCUT2D eigenvalue weighted by Crippen LogP contribution is 2.23. The minimum Gasteiger partial charge on any atom is -0.352 e. The number of carbonyl (C=O) groups is 2. The van der Waals surface area contributed by atoms with E-state index in [1.54, 1.807) is 0 Å². The van der Waals surface area contributed by atoms with Gasteiger partial charge in [-0.1, -0.05) is 91.6 Å². The molecule has 1 N–H and O–H groups in total. The summed E-state index contributed by atoms with van der Waals surface area (Å²) in [6.07, 6.45) is 6.04. The van der Waals surface area contributed by atoms with Gasteiger partial charge in [0.2, 0.25) is 11.8 Å². The van der Waals surface area contributed by atoms with E-state index in [-0.39, 0.29) is 23.6 Å². The Balaban J connectivity index is 1.61. The third-order valence-corrected chi connectivity index (χ3v) is 8.20. The Hall–Kier alpha value is -3.05. The van der Waals surface area contributed by atoms with Crippen LogP contribution >= 0.6 is 11.8 Å². The van der Waals surface area contributed by atoms with Crippen LogP contribution in [0.4, 0.5) is 0 Å². The zero-order valence-electron chi connectivity index (χ0n) is 22.0. The average molecular weight is 515 g/mol. The smallest absolute Gasteiger partial charge is 0.243 e. The molecule has 3 aromatic rings. The second-order valence-electron chi connectivity index (χ2n) is 10.1. The first-order valence-electron chi connectivity index (χ1n) is 13.4. The van der Waals surface area contributed by atoms with E-state index in [1.165, 1.54) is 23.7 Å². The number of carbonyl (C=O) groups excluding carboxylic acids is 2. The first-order valence-corrected chi connectivity index (χ1v) is 14.4. The number of hydrogen-bond acceptors (Lipinski definition) is 3. The monoisotopic (exact) mass is 514 g/mol. The molecule has 1 saturated carbocycles. The van der Waals surface area contributed by atoms with Gasteiger partial charge in [-0.15, -0.1) is 11.8 Å². The molecule has 194 valence electrons. The minimum absolute atomic E-state index is 0.0199. The highest BCUT2D eigenvalue weighted by atomic mass is 32.2. The van der Waals surface area contributed by atoms with Gasteiger partial charge in [0.1, 0.15) is 6.04 Å². The molecule has 4 nitrogen and oxygen atoms in total. The summed E-state index contributed by atoms with van der Waals surface area (Å²) < 4.78 is 0. The van der Waals surface area contributed by atoms with Crippen LogP contribution in [-0.4, -0.2) is 34.6 Å². The number of amides is 2. The molecule has 1 aliphatic carbocycles. The van der Waals surface area contributed by atoms with Crippen molar-refractivity contribution in [2.45, 2.75) is 75.9 Å². The van der Waals surface area contributed by atoms with Gasteiger partial charge in [0.15, 0.2) is 0 Å². The largest absolute Gasteiger partial charge is 0.352 e. The fourth-order valence-corrected chi connectivity index (χ4v) is 5.72. The fourth-order valence-electron chi connectivity index (χ4n) is 4.93. The molecule has 0 aromatic heterocycles. The van der Waals surface area contributed by atoms with Crippen LogP contribution < -0.4 is 5.32 Å². The lowest BCUT2D eigenvalue weighted by molar-refractivity contribution is -0.139. The van der Waals surface area contributed by atoms with E-state index in [4.69, 9.17) is 0 Å². The van der Waals surface area contributed by atoms with Gasteiger partial charge in [0, 0.05) is 23.9 Å². The van der Waals surface area contributed by atoms with Crippen LogP contribution in [0.5, 0.6) is 0 Å². The zero-order valence-corrected chi connectivity index (χ0v) is 22.8. The number of nitrogens with one attached hydrogen (secondary N) is 1. The molecule has 0 saturated heterocycles. The molecule has 5 heteroatoms. The Morgan fingerprint density at radius 1 is 0.892 bits per heavy atom. The molecule has 0 radical (unpaired) electrons. The van der Waals surface area contributed by atoms with Crippen molar-refractivity contribution < 1.29 is 9.59 Å². The minimum atomic E-state index is -0.574. The van der Waals surface area contributed by atoms with Gasteiger partial charge >= 0.3 is 0 Å². The third kappa shape index (κ3) is 7.96. The van der Waals surface area contributed by atoms with Gasteiger partial charge in [-0.3, -0.25) is 9.59 Å². The van der Waals surface area contributed by atoms with Gasteiger partial charge in [-0.25, -0.2) is 0 Å². The Kier molecular flexibility index (Phi) is 9.84. The molecule has 1 atom stereocenters. The van der Waals surface area contributed by atoms with E-state index in [9.17, 15) is 9.59 Å². The summed E-state index contributed by atoms with van der Waals surface area (Å²) >= 11 is 1.53. The standard InChI is InChI=1S/C32H38N2O2S/c1-24-17-19-29(20-18-24)37-23-31(35)34(22-27-14-10-9-11-25(27)2)30(21-26-12-5-3-6-13-26)32(36)33-28-15-7-4-8-16-28/h3,5-6,9-14,17-20,28,30H,4,7-8,15-16,21-23H2,1-2H3,(H,33,36). The molecular weight excluding hydrogens is 476 g/mol. The lowest BCUT2D eigenvalue weighted by Gasteiger charge is -2.33. The van der Waals surface area contributed by atoms with E-state index >= 15 is 0 Å². The fraction of sp³-hybridized carbons (Fsp3) is 0.375. The van der Waals surface area contributed by atoms with Crippen molar-refractivity contribution in [1.82, 2.24) is 10.2 Å². The summed E-state index contributed by atoms with van der Waals surface area (Å²) in [7, 11) is 0. The maximum absolute atomic E-state index is 13.9. The van der Waals surface area contributed by atoms with Crippen LogP contribution in [0, 0.1) is 13.8 Å². The summed E-state index contributed by atoms with van der Waals surface area (Å²) in [6.45, 7) is 4.53. The van der Waals surface area contributed by atoms with Gasteiger partial charge in [-0.2, -0.15) is 0 Å². The second kappa shape index (κ2) is 13.5. The molecule has 0 bridgehead atoms. The molecule has 0 spiro atoms. The summed E-state index contributed by atoms with van der Waals surface area (Å²) in [5.41, 5.74) is 4.44. The van der Waals surface area contributed by atoms with Crippen molar-refractivity contribution in [3.63, 3.8) is 0 Å². The van der Waals surface area contributed by atoms with Crippen LogP contribution in [0.2, 0.25) is 0 Å². The van der Waals surface area contributed by atoms with Crippen LogP contribution in [0.25, 0.3) is 0 Å². The van der Waals surface area contributed by atoms with Gasteiger partial charge in [0.05, 0.1) is 5.75 Å². The van der Waals surface area contributed by atoms with Crippen LogP contribution in [0.15, 0.2) is 83.8 Å². The first kappa shape index (κ1) is 27.0. The average Bonchev–Trinajstić information content (AvgIpc) is 2.92. The van der Waals surface area contributed by atoms with Gasteiger partial charge < -0.3 is 10.2 Å². The van der Waals surface area contributed by atoms with Crippen molar-refractivity contribution in [2.24, 2.45) is 0 Å². The molecule has 0 heterocycles. The molecule has 4 rings (SSSR count). The normalized spacial score (nSPS) is 14.6. The van der Waals surface area contributed by atoms with Gasteiger partial charge in [-0.05, 0) is 55.5 Å². The number of aryl methyl sites for hydroxylation is 2. The molecule has 1 fully saturated rings. The van der Waals surface area contributed by atoms with E-state index in [1.807, 2.05) is 47.4 Å². The molecule has 3 aromatic carbocycles. The maximum Gasteiger partial charge on any atom is 0.243 e. The number of hydrogen-bond donors (Lipinski definition) is 1. The third-order valence-electron chi connectivity index (χ3n) is 7.21. The van der Waals surface area contributed by atoms with Crippen molar-refractivity contribution in [3.8, 4) is 0 Å². The number of thioether (sulfide) groups is 1. The number of benzene rings is 3. The SMILES string of the molecule is Cc1ccc(SCC(=O)N(Cc2ccccc2C)C(Cc2ccccc2)C(=O)NC2CCCCC2)cc1. The van der Waals surface area contributed by atoms with Gasteiger partial charge in [0.25, 0.3) is 0 Å². The van der Waals surface area contributed by atoms with Crippen LogP contribution in [0.1, 0.15) is 54.4 Å². The highest BCUT2D eigenvalue weighted by Gasteiger charge is 2.32. The Morgan fingerprint density at radius 2 is 1.57 bits per heavy atom. The molecule has 1 aliphatic rings. The topological polar surface area (TPSA) is 49.4 Å². The predicted octanol–water partition coefficient (Wildman–Crippen LogP) is 6.48. The van der Waals surface area contributed by atoms with E-state index in [0.29, 0.717) is 13.0 Å². The van der Waals surface area contributed by atoms with E-state index in [2.05, 4.69) is 55.6 Å². The molecule has 1 unspecified atom stereocenters. The number of rotatable bonds is 10. The van der Waals surface area contributed by atoms with Crippen molar-refractivity contribution in [2.75, 3.05) is 5.75 Å². The molecule has 2 amide bonds. The van der Waals surface area contributed by atoms with Crippen LogP contribution in [-0.2, 0) is 22.6 Å². The number of nitrogens with zero attached hydrogens (tertiary/aromatic N) is 1. The maximum atomic E-state index is 13.9. The lowest BCUT2D eigenvalue weighted by Crippen LogP contribution is -2.53. The lowest BCUT2D eigenvalue weighted by atomic mass is 9.94. The molecule has 37 heavy (non-hydrogen) atoms. The summed E-state index contributed by atoms with van der Waals surface area (Å²) in [6, 6.07) is 26.0. The Bertz CT molecular complexity index is 1160. The van der Waals surface area contributed by atoms with E-state index < -0.39 is 6.04 Å². The van der Waals surface area contributed by atoms with Crippen molar-refractivity contribution in [3.05, 3.63) is 101 Å². The zero-order chi connectivity index (χ0) is 26.0. The summed E-state index contributed by atoms with van der Waals surface area (Å²) in [5, 5.41) is 3.32. The summed E-state index contributed by atoms with van der Waals surface area (Å²) in [5.74, 6) is 0.225. The second-order valence-corrected chi connectivity index (χ2v) is 11.1. The summed E-state index contributed by atoms with van der Waals surface area (Å²) in [4.78, 5) is 30.6. The highest BCUT2D eigenvalue weighted by molar-refractivity contribution is 8.00. The predicted molar refractivity (Wildman–Crippen MR) is 153 cm³/mol. The van der Waals surface area contributed by atoms with E-state index in [0.717, 1.165) is 47.3 Å². The van der Waals surface area contributed by atoms with Crippen LogP contribution in [0.3, 0.4) is 0 Å². The van der Waals surface area contributed by atoms with Crippen molar-refractivity contribution in [1.29, 1.82) is 0 Å². The molecular formula is C32H38N2O2S. The first-order chi connectivity index (χ1) is 18.0. The Labute approximate surface area is 225 Å². The quantitative estimate of drug-likeness (QED) is 0.315. The molecule has 0 aliphatic heterocycles. The van der Waals surface area contributed by atoms with Crippen molar-refractivity contribution >= 4 is 23.6 Å². The Morgan fingerprint density at radius 3 is 2.27 bits per heavy atom.